The lowest BCUT2D eigenvalue weighted by molar-refractivity contribution is 0.318. The van der Waals surface area contributed by atoms with E-state index in [0.29, 0.717) is 22.9 Å². The molecule has 0 radical (unpaired) electrons. The van der Waals surface area contributed by atoms with E-state index in [-0.39, 0.29) is 11.2 Å². The predicted octanol–water partition coefficient (Wildman–Crippen LogP) is 4.68. The molecular formula is C16H25ClFN. The number of nitrogens with one attached hydrogen (secondary N) is 1. The van der Waals surface area contributed by atoms with E-state index in [1.165, 1.54) is 6.07 Å². The van der Waals surface area contributed by atoms with Gasteiger partial charge in [0.15, 0.2) is 0 Å². The van der Waals surface area contributed by atoms with Crippen molar-refractivity contribution in [3.63, 3.8) is 0 Å². The molecule has 3 heteroatoms. The van der Waals surface area contributed by atoms with Crippen molar-refractivity contribution in [1.82, 2.24) is 5.32 Å². The van der Waals surface area contributed by atoms with Gasteiger partial charge >= 0.3 is 0 Å². The van der Waals surface area contributed by atoms with E-state index in [1.807, 2.05) is 0 Å². The van der Waals surface area contributed by atoms with Crippen LogP contribution in [0.4, 0.5) is 4.39 Å². The van der Waals surface area contributed by atoms with Gasteiger partial charge in [-0.3, -0.25) is 0 Å². The van der Waals surface area contributed by atoms with Gasteiger partial charge in [-0.15, -0.1) is 0 Å². The molecule has 0 amide bonds. The maximum absolute atomic E-state index is 13.8. The number of halogens is 2. The van der Waals surface area contributed by atoms with Crippen molar-refractivity contribution >= 4 is 11.6 Å². The number of hydrogen-bond acceptors (Lipinski definition) is 1. The van der Waals surface area contributed by atoms with E-state index in [9.17, 15) is 4.39 Å². The van der Waals surface area contributed by atoms with Crippen LogP contribution in [0, 0.1) is 17.2 Å². The van der Waals surface area contributed by atoms with Gasteiger partial charge in [0.2, 0.25) is 0 Å². The lowest BCUT2D eigenvalue weighted by atomic mass is 9.82. The van der Waals surface area contributed by atoms with Crippen LogP contribution in [0.25, 0.3) is 0 Å². The van der Waals surface area contributed by atoms with Crippen molar-refractivity contribution in [1.29, 1.82) is 0 Å². The number of rotatable bonds is 7. The molecule has 0 aliphatic carbocycles. The summed E-state index contributed by atoms with van der Waals surface area (Å²) in [7, 11) is 0. The molecule has 1 aromatic carbocycles. The molecule has 0 heterocycles. The van der Waals surface area contributed by atoms with Gasteiger partial charge in [-0.05, 0) is 49.4 Å². The SMILES string of the molecule is CC(C)CNCCC(C)(C)Cc1c(F)cccc1Cl. The Balaban J connectivity index is 2.54. The van der Waals surface area contributed by atoms with Gasteiger partial charge in [0, 0.05) is 10.6 Å². The summed E-state index contributed by atoms with van der Waals surface area (Å²) >= 11 is 6.08. The van der Waals surface area contributed by atoms with E-state index < -0.39 is 0 Å². The molecule has 108 valence electrons. The summed E-state index contributed by atoms with van der Waals surface area (Å²) in [5.41, 5.74) is 0.675. The number of benzene rings is 1. The van der Waals surface area contributed by atoms with Crippen molar-refractivity contribution in [2.24, 2.45) is 11.3 Å². The highest BCUT2D eigenvalue weighted by Crippen LogP contribution is 2.30. The fourth-order valence-corrected chi connectivity index (χ4v) is 2.32. The minimum atomic E-state index is -0.198. The van der Waals surface area contributed by atoms with E-state index in [4.69, 9.17) is 11.6 Å². The standard InChI is InChI=1S/C16H25ClFN/c1-12(2)11-19-9-8-16(3,4)10-13-14(17)6-5-7-15(13)18/h5-7,12,19H,8-11H2,1-4H3. The molecule has 19 heavy (non-hydrogen) atoms. The summed E-state index contributed by atoms with van der Waals surface area (Å²) in [6.45, 7) is 10.7. The Morgan fingerprint density at radius 3 is 2.58 bits per heavy atom. The highest BCUT2D eigenvalue weighted by Gasteiger charge is 2.21. The summed E-state index contributed by atoms with van der Waals surface area (Å²) in [4.78, 5) is 0. The largest absolute Gasteiger partial charge is 0.316 e. The molecule has 0 spiro atoms. The van der Waals surface area contributed by atoms with E-state index in [1.54, 1.807) is 12.1 Å². The average Bonchev–Trinajstić information content (AvgIpc) is 2.30. The molecule has 1 rings (SSSR count). The maximum atomic E-state index is 13.8. The van der Waals surface area contributed by atoms with Crippen molar-refractivity contribution in [3.8, 4) is 0 Å². The van der Waals surface area contributed by atoms with Crippen LogP contribution in [0.1, 0.15) is 39.7 Å². The average molecular weight is 286 g/mol. The second-order valence-electron chi connectivity index (χ2n) is 6.39. The summed E-state index contributed by atoms with van der Waals surface area (Å²) in [6.07, 6.45) is 1.67. The highest BCUT2D eigenvalue weighted by atomic mass is 35.5. The Bertz CT molecular complexity index is 381. The van der Waals surface area contributed by atoms with Crippen LogP contribution in [0.5, 0.6) is 0 Å². The normalized spacial score (nSPS) is 12.2. The molecule has 0 aliphatic heterocycles. The van der Waals surface area contributed by atoms with Crippen LogP contribution in [0.15, 0.2) is 18.2 Å². The van der Waals surface area contributed by atoms with E-state index in [2.05, 4.69) is 33.0 Å². The monoisotopic (exact) mass is 285 g/mol. The first-order valence-corrected chi connectivity index (χ1v) is 7.33. The molecule has 1 N–H and O–H groups in total. The third-order valence-corrected chi connectivity index (χ3v) is 3.60. The summed E-state index contributed by atoms with van der Waals surface area (Å²) < 4.78 is 13.8. The van der Waals surface area contributed by atoms with Gasteiger partial charge in [-0.25, -0.2) is 4.39 Å². The van der Waals surface area contributed by atoms with Crippen LogP contribution >= 0.6 is 11.6 Å². The predicted molar refractivity (Wildman–Crippen MR) is 81.2 cm³/mol. The Hall–Kier alpha value is -0.600. The van der Waals surface area contributed by atoms with Gasteiger partial charge in [-0.2, -0.15) is 0 Å². The van der Waals surface area contributed by atoms with Gasteiger partial charge < -0.3 is 5.32 Å². The fraction of sp³-hybridized carbons (Fsp3) is 0.625. The zero-order valence-electron chi connectivity index (χ0n) is 12.4. The zero-order valence-corrected chi connectivity index (χ0v) is 13.1. The molecule has 0 aliphatic rings. The molecule has 0 bridgehead atoms. The van der Waals surface area contributed by atoms with Gasteiger partial charge in [-0.1, -0.05) is 45.4 Å². The molecule has 0 aromatic heterocycles. The Morgan fingerprint density at radius 2 is 2.00 bits per heavy atom. The van der Waals surface area contributed by atoms with Crippen LogP contribution in [-0.2, 0) is 6.42 Å². The first-order chi connectivity index (χ1) is 8.82. The van der Waals surface area contributed by atoms with E-state index >= 15 is 0 Å². The summed E-state index contributed by atoms with van der Waals surface area (Å²) in [5.74, 6) is 0.458. The Morgan fingerprint density at radius 1 is 1.32 bits per heavy atom. The quantitative estimate of drug-likeness (QED) is 0.717. The van der Waals surface area contributed by atoms with Crippen LogP contribution in [0.3, 0.4) is 0 Å². The molecule has 1 nitrogen and oxygen atoms in total. The Kier molecular flexibility index (Phi) is 6.28. The second kappa shape index (κ2) is 7.25. The van der Waals surface area contributed by atoms with Crippen LogP contribution in [0.2, 0.25) is 5.02 Å². The highest BCUT2D eigenvalue weighted by molar-refractivity contribution is 6.31. The van der Waals surface area contributed by atoms with Crippen molar-refractivity contribution in [2.75, 3.05) is 13.1 Å². The Labute approximate surface area is 121 Å². The minimum Gasteiger partial charge on any atom is -0.316 e. The third kappa shape index (κ3) is 5.92. The maximum Gasteiger partial charge on any atom is 0.127 e. The van der Waals surface area contributed by atoms with Crippen LogP contribution < -0.4 is 5.32 Å². The lowest BCUT2D eigenvalue weighted by Crippen LogP contribution is -2.27. The lowest BCUT2D eigenvalue weighted by Gasteiger charge is -2.26. The van der Waals surface area contributed by atoms with E-state index in [0.717, 1.165) is 19.5 Å². The van der Waals surface area contributed by atoms with Crippen LogP contribution in [-0.4, -0.2) is 13.1 Å². The van der Waals surface area contributed by atoms with Crippen molar-refractivity contribution in [3.05, 3.63) is 34.6 Å². The molecule has 0 unspecified atom stereocenters. The van der Waals surface area contributed by atoms with Gasteiger partial charge in [0.1, 0.15) is 5.82 Å². The third-order valence-electron chi connectivity index (χ3n) is 3.25. The molecule has 0 saturated carbocycles. The summed E-state index contributed by atoms with van der Waals surface area (Å²) in [5, 5.41) is 3.96. The first kappa shape index (κ1) is 16.5. The minimum absolute atomic E-state index is 0.0375. The molecule has 0 saturated heterocycles. The number of hydrogen-bond donors (Lipinski definition) is 1. The topological polar surface area (TPSA) is 12.0 Å². The van der Waals surface area contributed by atoms with Crippen molar-refractivity contribution < 1.29 is 4.39 Å². The fourth-order valence-electron chi connectivity index (χ4n) is 2.09. The molecule has 1 aromatic rings. The zero-order chi connectivity index (χ0) is 14.5. The molecule has 0 fully saturated rings. The molecule has 0 atom stereocenters. The van der Waals surface area contributed by atoms with Gasteiger partial charge in [0.25, 0.3) is 0 Å². The molecular weight excluding hydrogens is 261 g/mol. The first-order valence-electron chi connectivity index (χ1n) is 6.95. The van der Waals surface area contributed by atoms with Gasteiger partial charge in [0.05, 0.1) is 0 Å². The second-order valence-corrected chi connectivity index (χ2v) is 6.80. The smallest absolute Gasteiger partial charge is 0.127 e. The van der Waals surface area contributed by atoms with Crippen molar-refractivity contribution in [2.45, 2.75) is 40.5 Å². The summed E-state index contributed by atoms with van der Waals surface area (Å²) in [6, 6.07) is 4.89.